The summed E-state index contributed by atoms with van der Waals surface area (Å²) in [5.41, 5.74) is 2.53. The van der Waals surface area contributed by atoms with Gasteiger partial charge in [-0.2, -0.15) is 0 Å². The zero-order valence-electron chi connectivity index (χ0n) is 13.5. The van der Waals surface area contributed by atoms with Crippen molar-refractivity contribution in [1.82, 2.24) is 4.98 Å². The van der Waals surface area contributed by atoms with Crippen molar-refractivity contribution in [3.05, 3.63) is 53.3 Å². The van der Waals surface area contributed by atoms with E-state index in [0.29, 0.717) is 17.9 Å². The second-order valence-corrected chi connectivity index (χ2v) is 4.96. The molecule has 0 aliphatic carbocycles. The molecule has 0 spiro atoms. The maximum atomic E-state index is 11.2. The van der Waals surface area contributed by atoms with E-state index in [0.717, 1.165) is 30.6 Å². The molecule has 23 heavy (non-hydrogen) atoms. The lowest BCUT2D eigenvalue weighted by Gasteiger charge is -2.09. The van der Waals surface area contributed by atoms with Crippen molar-refractivity contribution < 1.29 is 19.0 Å². The molecule has 0 fully saturated rings. The van der Waals surface area contributed by atoms with E-state index < -0.39 is 0 Å². The van der Waals surface area contributed by atoms with Crippen LogP contribution in [0.2, 0.25) is 0 Å². The molecule has 1 aromatic carbocycles. The van der Waals surface area contributed by atoms with E-state index in [1.165, 1.54) is 12.7 Å². The molecular weight excluding hydrogens is 294 g/mol. The Morgan fingerprint density at radius 3 is 2.57 bits per heavy atom. The highest BCUT2D eigenvalue weighted by atomic mass is 16.7. The van der Waals surface area contributed by atoms with Crippen molar-refractivity contribution in [2.45, 2.75) is 19.8 Å². The topological polar surface area (TPSA) is 57.7 Å². The predicted molar refractivity (Wildman–Crippen MR) is 87.1 cm³/mol. The summed E-state index contributed by atoms with van der Waals surface area (Å²) >= 11 is 0. The standard InChI is InChI=1S/C18H21NO4/c1-3-22-17-8-5-14(6-9-17)4-7-16-10-15(12-20)18(11-19-16)23-13-21-2/h5-6,8-12H,3-4,7,13H2,1-2H3. The van der Waals surface area contributed by atoms with E-state index in [9.17, 15) is 4.79 Å². The van der Waals surface area contributed by atoms with Crippen LogP contribution in [0.25, 0.3) is 0 Å². The van der Waals surface area contributed by atoms with Crippen LogP contribution in [0.5, 0.6) is 11.5 Å². The van der Waals surface area contributed by atoms with Crippen LogP contribution in [0, 0.1) is 0 Å². The van der Waals surface area contributed by atoms with Gasteiger partial charge in [-0.05, 0) is 43.5 Å². The Kier molecular flexibility index (Phi) is 6.56. The second-order valence-electron chi connectivity index (χ2n) is 4.96. The maximum Gasteiger partial charge on any atom is 0.188 e. The number of ether oxygens (including phenoxy) is 3. The van der Waals surface area contributed by atoms with Gasteiger partial charge in [0.15, 0.2) is 18.8 Å². The fourth-order valence-electron chi connectivity index (χ4n) is 2.17. The minimum Gasteiger partial charge on any atom is -0.494 e. The average molecular weight is 315 g/mol. The lowest BCUT2D eigenvalue weighted by Crippen LogP contribution is -2.04. The number of hydrogen-bond donors (Lipinski definition) is 0. The maximum absolute atomic E-state index is 11.2. The Morgan fingerprint density at radius 2 is 1.91 bits per heavy atom. The number of aldehydes is 1. The molecule has 0 radical (unpaired) electrons. The number of carbonyl (C=O) groups is 1. The highest BCUT2D eigenvalue weighted by molar-refractivity contribution is 5.79. The Bertz CT molecular complexity index is 625. The molecular formula is C18H21NO4. The summed E-state index contributed by atoms with van der Waals surface area (Å²) in [6, 6.07) is 9.77. The number of nitrogens with zero attached hydrogens (tertiary/aromatic N) is 1. The summed E-state index contributed by atoms with van der Waals surface area (Å²) in [5, 5.41) is 0. The molecule has 5 heteroatoms. The normalized spacial score (nSPS) is 10.3. The van der Waals surface area contributed by atoms with Gasteiger partial charge in [-0.1, -0.05) is 12.1 Å². The van der Waals surface area contributed by atoms with Gasteiger partial charge in [0, 0.05) is 12.8 Å². The minimum absolute atomic E-state index is 0.0913. The molecule has 2 aromatic rings. The first-order valence-electron chi connectivity index (χ1n) is 7.54. The van der Waals surface area contributed by atoms with Gasteiger partial charge in [0.1, 0.15) is 5.75 Å². The summed E-state index contributed by atoms with van der Waals surface area (Å²) in [4.78, 5) is 15.5. The summed E-state index contributed by atoms with van der Waals surface area (Å²) in [5.74, 6) is 1.31. The van der Waals surface area contributed by atoms with Gasteiger partial charge in [0.2, 0.25) is 0 Å². The van der Waals surface area contributed by atoms with Crippen molar-refractivity contribution in [1.29, 1.82) is 0 Å². The number of carbonyl (C=O) groups excluding carboxylic acids is 1. The average Bonchev–Trinajstić information content (AvgIpc) is 2.60. The van der Waals surface area contributed by atoms with Crippen LogP contribution >= 0.6 is 0 Å². The van der Waals surface area contributed by atoms with Crippen LogP contribution in [0.3, 0.4) is 0 Å². The van der Waals surface area contributed by atoms with Gasteiger partial charge in [0.25, 0.3) is 0 Å². The molecule has 0 atom stereocenters. The molecule has 1 heterocycles. The number of hydrogen-bond acceptors (Lipinski definition) is 5. The number of methoxy groups -OCH3 is 1. The largest absolute Gasteiger partial charge is 0.494 e. The Hall–Kier alpha value is -2.40. The zero-order valence-corrected chi connectivity index (χ0v) is 13.5. The number of rotatable bonds is 9. The van der Waals surface area contributed by atoms with Gasteiger partial charge < -0.3 is 14.2 Å². The number of aryl methyl sites for hydroxylation is 2. The third-order valence-corrected chi connectivity index (χ3v) is 3.32. The van der Waals surface area contributed by atoms with Crippen LogP contribution in [0.1, 0.15) is 28.5 Å². The van der Waals surface area contributed by atoms with E-state index in [-0.39, 0.29) is 6.79 Å². The van der Waals surface area contributed by atoms with Crippen LogP contribution < -0.4 is 9.47 Å². The monoisotopic (exact) mass is 315 g/mol. The summed E-state index contributed by atoms with van der Waals surface area (Å²) in [7, 11) is 1.53. The van der Waals surface area contributed by atoms with Gasteiger partial charge in [-0.15, -0.1) is 0 Å². The molecule has 0 amide bonds. The highest BCUT2D eigenvalue weighted by Gasteiger charge is 2.06. The van der Waals surface area contributed by atoms with E-state index in [1.54, 1.807) is 12.3 Å². The van der Waals surface area contributed by atoms with Crippen molar-refractivity contribution in [3.63, 3.8) is 0 Å². The first kappa shape index (κ1) is 17.0. The second kappa shape index (κ2) is 8.90. The number of benzene rings is 1. The molecule has 0 saturated carbocycles. The molecule has 1 aromatic heterocycles. The number of aromatic nitrogens is 1. The molecule has 122 valence electrons. The van der Waals surface area contributed by atoms with E-state index in [2.05, 4.69) is 4.98 Å². The molecule has 0 bridgehead atoms. The summed E-state index contributed by atoms with van der Waals surface area (Å²) in [6.07, 6.45) is 3.93. The Labute approximate surface area is 136 Å². The fraction of sp³-hybridized carbons (Fsp3) is 0.333. The molecule has 0 aliphatic rings. The van der Waals surface area contributed by atoms with E-state index in [1.807, 2.05) is 31.2 Å². The third kappa shape index (κ3) is 5.07. The quantitative estimate of drug-likeness (QED) is 0.526. The number of pyridine rings is 1. The Morgan fingerprint density at radius 1 is 1.13 bits per heavy atom. The molecule has 0 aliphatic heterocycles. The van der Waals surface area contributed by atoms with Crippen LogP contribution in [-0.2, 0) is 17.6 Å². The van der Waals surface area contributed by atoms with Crippen molar-refractivity contribution in [3.8, 4) is 11.5 Å². The lowest BCUT2D eigenvalue weighted by molar-refractivity contribution is 0.0502. The lowest BCUT2D eigenvalue weighted by atomic mass is 10.1. The fourth-order valence-corrected chi connectivity index (χ4v) is 2.17. The van der Waals surface area contributed by atoms with Crippen molar-refractivity contribution in [2.24, 2.45) is 0 Å². The van der Waals surface area contributed by atoms with Gasteiger partial charge in [0.05, 0.1) is 18.4 Å². The van der Waals surface area contributed by atoms with Crippen LogP contribution in [-0.4, -0.2) is 31.8 Å². The molecule has 0 unspecified atom stereocenters. The van der Waals surface area contributed by atoms with Gasteiger partial charge in [-0.3, -0.25) is 9.78 Å². The SMILES string of the molecule is CCOc1ccc(CCc2cc(C=O)c(OCOC)cn2)cc1. The first-order valence-corrected chi connectivity index (χ1v) is 7.54. The summed E-state index contributed by atoms with van der Waals surface area (Å²) < 4.78 is 15.6. The van der Waals surface area contributed by atoms with Crippen LogP contribution in [0.4, 0.5) is 0 Å². The van der Waals surface area contributed by atoms with Crippen LogP contribution in [0.15, 0.2) is 36.5 Å². The smallest absolute Gasteiger partial charge is 0.188 e. The minimum atomic E-state index is 0.0913. The summed E-state index contributed by atoms with van der Waals surface area (Å²) in [6.45, 7) is 2.72. The molecule has 0 saturated heterocycles. The molecule has 2 rings (SSSR count). The Balaban J connectivity index is 1.98. The van der Waals surface area contributed by atoms with E-state index >= 15 is 0 Å². The molecule has 5 nitrogen and oxygen atoms in total. The van der Waals surface area contributed by atoms with E-state index in [4.69, 9.17) is 14.2 Å². The van der Waals surface area contributed by atoms with Gasteiger partial charge >= 0.3 is 0 Å². The first-order chi connectivity index (χ1) is 11.3. The van der Waals surface area contributed by atoms with Gasteiger partial charge in [-0.25, -0.2) is 0 Å². The van der Waals surface area contributed by atoms with Crippen molar-refractivity contribution in [2.75, 3.05) is 20.5 Å². The highest BCUT2D eigenvalue weighted by Crippen LogP contribution is 2.18. The molecule has 0 N–H and O–H groups in total. The zero-order chi connectivity index (χ0) is 16.5. The third-order valence-electron chi connectivity index (χ3n) is 3.32. The predicted octanol–water partition coefficient (Wildman–Crippen LogP) is 3.06. The van der Waals surface area contributed by atoms with Crippen molar-refractivity contribution >= 4 is 6.29 Å².